The van der Waals surface area contributed by atoms with Crippen molar-refractivity contribution in [2.75, 3.05) is 59.7 Å². The predicted octanol–water partition coefficient (Wildman–Crippen LogP) is 2.92. The predicted molar refractivity (Wildman–Crippen MR) is 122 cm³/mol. The first-order valence-corrected chi connectivity index (χ1v) is 9.72. The second kappa shape index (κ2) is 14.4. The van der Waals surface area contributed by atoms with Crippen molar-refractivity contribution in [3.05, 3.63) is 34.9 Å². The fraction of sp³-hybridized carbons (Fsp3) is 0.632. The molecule has 1 unspecified atom stereocenters. The molecular weight excluding hydrogens is 479 g/mol. The topological polar surface area (TPSA) is 58.1 Å². The van der Waals surface area contributed by atoms with Gasteiger partial charge in [0, 0.05) is 51.5 Å². The van der Waals surface area contributed by atoms with Gasteiger partial charge in [-0.2, -0.15) is 0 Å². The number of benzene rings is 1. The summed E-state index contributed by atoms with van der Waals surface area (Å²) in [5, 5.41) is 7.57. The van der Waals surface area contributed by atoms with Gasteiger partial charge in [-0.3, -0.25) is 9.89 Å². The summed E-state index contributed by atoms with van der Waals surface area (Å²) in [7, 11) is 1.79. The van der Waals surface area contributed by atoms with E-state index < -0.39 is 0 Å². The van der Waals surface area contributed by atoms with Gasteiger partial charge in [0.25, 0.3) is 0 Å². The fourth-order valence-electron chi connectivity index (χ4n) is 3.01. The molecule has 0 saturated carbocycles. The van der Waals surface area contributed by atoms with E-state index in [4.69, 9.17) is 21.1 Å². The van der Waals surface area contributed by atoms with Crippen LogP contribution in [0.15, 0.2) is 29.3 Å². The smallest absolute Gasteiger partial charge is 0.191 e. The summed E-state index contributed by atoms with van der Waals surface area (Å²) in [6, 6.07) is 8.23. The van der Waals surface area contributed by atoms with E-state index >= 15 is 0 Å². The number of hydrogen-bond acceptors (Lipinski definition) is 4. The fourth-order valence-corrected chi connectivity index (χ4v) is 3.27. The van der Waals surface area contributed by atoms with Crippen LogP contribution in [-0.2, 0) is 9.47 Å². The largest absolute Gasteiger partial charge is 0.382 e. The lowest BCUT2D eigenvalue weighted by molar-refractivity contribution is 0.0170. The number of nitrogens with one attached hydrogen (secondary N) is 2. The molecule has 6 nitrogen and oxygen atoms in total. The van der Waals surface area contributed by atoms with E-state index in [1.165, 1.54) is 0 Å². The van der Waals surface area contributed by atoms with E-state index in [0.29, 0.717) is 0 Å². The number of ether oxygens (including phenoxy) is 2. The summed E-state index contributed by atoms with van der Waals surface area (Å²) in [5.41, 5.74) is 1.13. The number of nitrogens with zero attached hydrogens (tertiary/aromatic N) is 2. The molecule has 27 heavy (non-hydrogen) atoms. The van der Waals surface area contributed by atoms with Crippen molar-refractivity contribution in [1.82, 2.24) is 15.5 Å². The van der Waals surface area contributed by atoms with Crippen molar-refractivity contribution in [3.63, 3.8) is 0 Å². The molecule has 2 rings (SSSR count). The van der Waals surface area contributed by atoms with Gasteiger partial charge in [-0.1, -0.05) is 29.8 Å². The summed E-state index contributed by atoms with van der Waals surface area (Å²) < 4.78 is 10.9. The Balaban J connectivity index is 0.00000364. The molecule has 1 aliphatic rings. The van der Waals surface area contributed by atoms with Gasteiger partial charge in [-0.05, 0) is 25.0 Å². The Labute approximate surface area is 185 Å². The first kappa shape index (κ1) is 24.4. The molecule has 1 atom stereocenters. The number of guanidine groups is 1. The average molecular weight is 511 g/mol. The quantitative estimate of drug-likeness (QED) is 0.232. The van der Waals surface area contributed by atoms with Crippen LogP contribution in [0.2, 0.25) is 5.02 Å². The Kier molecular flexibility index (Phi) is 13.0. The summed E-state index contributed by atoms with van der Waals surface area (Å²) in [6.07, 6.45) is 0.950. The lowest BCUT2D eigenvalue weighted by atomic mass is 10.0. The van der Waals surface area contributed by atoms with Gasteiger partial charge in [-0.15, -0.1) is 24.0 Å². The third-order valence-corrected chi connectivity index (χ3v) is 4.74. The van der Waals surface area contributed by atoms with Crippen molar-refractivity contribution in [1.29, 1.82) is 0 Å². The van der Waals surface area contributed by atoms with Gasteiger partial charge < -0.3 is 20.1 Å². The van der Waals surface area contributed by atoms with Crippen LogP contribution in [0.4, 0.5) is 0 Å². The molecule has 0 bridgehead atoms. The van der Waals surface area contributed by atoms with Crippen molar-refractivity contribution < 1.29 is 9.47 Å². The van der Waals surface area contributed by atoms with Gasteiger partial charge in [0.15, 0.2) is 5.96 Å². The Morgan fingerprint density at radius 3 is 2.70 bits per heavy atom. The van der Waals surface area contributed by atoms with Crippen LogP contribution < -0.4 is 10.6 Å². The molecule has 1 fully saturated rings. The maximum Gasteiger partial charge on any atom is 0.191 e. The highest BCUT2D eigenvalue weighted by Gasteiger charge is 2.24. The van der Waals surface area contributed by atoms with Gasteiger partial charge in [0.1, 0.15) is 0 Å². The highest BCUT2D eigenvalue weighted by Crippen LogP contribution is 2.27. The normalized spacial score (nSPS) is 16.5. The van der Waals surface area contributed by atoms with Crippen molar-refractivity contribution in [2.24, 2.45) is 4.99 Å². The Bertz CT molecular complexity index is 556. The van der Waals surface area contributed by atoms with Crippen LogP contribution >= 0.6 is 35.6 Å². The molecule has 1 saturated heterocycles. The molecule has 0 spiro atoms. The lowest BCUT2D eigenvalue weighted by Crippen LogP contribution is -2.46. The van der Waals surface area contributed by atoms with E-state index in [9.17, 15) is 0 Å². The molecule has 1 aliphatic heterocycles. The van der Waals surface area contributed by atoms with Crippen LogP contribution in [0, 0.1) is 0 Å². The number of rotatable bonds is 9. The molecule has 1 aromatic rings. The van der Waals surface area contributed by atoms with E-state index in [0.717, 1.165) is 75.6 Å². The van der Waals surface area contributed by atoms with Crippen LogP contribution in [0.1, 0.15) is 24.9 Å². The zero-order chi connectivity index (χ0) is 18.6. The average Bonchev–Trinajstić information content (AvgIpc) is 2.68. The molecule has 1 heterocycles. The Morgan fingerprint density at radius 2 is 2.04 bits per heavy atom. The zero-order valence-electron chi connectivity index (χ0n) is 16.2. The van der Waals surface area contributed by atoms with Gasteiger partial charge in [0.2, 0.25) is 0 Å². The van der Waals surface area contributed by atoms with Crippen molar-refractivity contribution in [3.8, 4) is 0 Å². The van der Waals surface area contributed by atoms with Gasteiger partial charge in [-0.25, -0.2) is 0 Å². The molecule has 0 aliphatic carbocycles. The maximum absolute atomic E-state index is 6.47. The Hall–Kier alpha value is -0.610. The van der Waals surface area contributed by atoms with Crippen molar-refractivity contribution in [2.45, 2.75) is 19.4 Å². The van der Waals surface area contributed by atoms with E-state index in [1.54, 1.807) is 7.05 Å². The second-order valence-corrected chi connectivity index (χ2v) is 6.52. The zero-order valence-corrected chi connectivity index (χ0v) is 19.3. The van der Waals surface area contributed by atoms with Crippen molar-refractivity contribution >= 4 is 41.5 Å². The number of hydrogen-bond donors (Lipinski definition) is 2. The standard InChI is InChI=1S/C19H31ClN4O2.HI/c1-3-25-12-6-9-22-19(21-2)23-15-18(24-10-13-26-14-11-24)16-7-4-5-8-17(16)20;/h4-5,7-8,18H,3,6,9-15H2,1-2H3,(H2,21,22,23);1H. The minimum atomic E-state index is 0. The monoisotopic (exact) mass is 510 g/mol. The SMILES string of the molecule is CCOCCCNC(=NC)NCC(c1ccccc1Cl)N1CCOCC1.I. The molecule has 154 valence electrons. The molecule has 0 radical (unpaired) electrons. The highest BCUT2D eigenvalue weighted by atomic mass is 127. The molecule has 0 amide bonds. The maximum atomic E-state index is 6.47. The van der Waals surface area contributed by atoms with Crippen LogP contribution in [0.5, 0.6) is 0 Å². The number of morpholine rings is 1. The minimum absolute atomic E-state index is 0. The molecular formula is C19H32ClIN4O2. The van der Waals surface area contributed by atoms with Crippen LogP contribution in [0.3, 0.4) is 0 Å². The first-order chi connectivity index (χ1) is 12.8. The third kappa shape index (κ3) is 8.51. The molecule has 1 aromatic carbocycles. The minimum Gasteiger partial charge on any atom is -0.382 e. The lowest BCUT2D eigenvalue weighted by Gasteiger charge is -2.35. The van der Waals surface area contributed by atoms with Gasteiger partial charge in [0.05, 0.1) is 19.3 Å². The molecule has 0 aromatic heterocycles. The van der Waals surface area contributed by atoms with E-state index in [1.807, 2.05) is 25.1 Å². The summed E-state index contributed by atoms with van der Waals surface area (Å²) in [4.78, 5) is 6.73. The third-order valence-electron chi connectivity index (χ3n) is 4.40. The van der Waals surface area contributed by atoms with Crippen LogP contribution in [0.25, 0.3) is 0 Å². The molecule has 8 heteroatoms. The summed E-state index contributed by atoms with van der Waals surface area (Å²) in [6.45, 7) is 8.40. The molecule has 2 N–H and O–H groups in total. The van der Waals surface area contributed by atoms with Gasteiger partial charge >= 0.3 is 0 Å². The van der Waals surface area contributed by atoms with Crippen LogP contribution in [-0.4, -0.2) is 70.5 Å². The highest BCUT2D eigenvalue weighted by molar-refractivity contribution is 14.0. The van der Waals surface area contributed by atoms with E-state index in [2.05, 4.69) is 26.6 Å². The summed E-state index contributed by atoms with van der Waals surface area (Å²) in [5.74, 6) is 0.798. The second-order valence-electron chi connectivity index (χ2n) is 6.12. The van der Waals surface area contributed by atoms with E-state index in [-0.39, 0.29) is 30.0 Å². The number of aliphatic imine (C=N–C) groups is 1. The Morgan fingerprint density at radius 1 is 1.30 bits per heavy atom. The first-order valence-electron chi connectivity index (χ1n) is 9.34. The number of halogens is 2. The summed E-state index contributed by atoms with van der Waals surface area (Å²) >= 11 is 6.47.